The maximum atomic E-state index is 12.7. The monoisotopic (exact) mass is 315 g/mol. The summed E-state index contributed by atoms with van der Waals surface area (Å²) in [5, 5.41) is 5.69. The Morgan fingerprint density at radius 2 is 2.09 bits per heavy atom. The summed E-state index contributed by atoms with van der Waals surface area (Å²) in [6.07, 6.45) is 0.669. The fourth-order valence-corrected chi connectivity index (χ4v) is 3.13. The van der Waals surface area contributed by atoms with E-state index < -0.39 is 6.04 Å². The van der Waals surface area contributed by atoms with Gasteiger partial charge in [-0.25, -0.2) is 0 Å². The summed E-state index contributed by atoms with van der Waals surface area (Å²) in [4.78, 5) is 37.6. The lowest BCUT2D eigenvalue weighted by atomic mass is 10.0. The normalized spacial score (nSPS) is 20.9. The van der Waals surface area contributed by atoms with Crippen LogP contribution in [0.3, 0.4) is 0 Å². The van der Waals surface area contributed by atoms with Gasteiger partial charge in [-0.15, -0.1) is 0 Å². The molecule has 1 aromatic rings. The molecule has 2 heterocycles. The van der Waals surface area contributed by atoms with E-state index in [1.54, 1.807) is 4.90 Å². The van der Waals surface area contributed by atoms with Gasteiger partial charge >= 0.3 is 0 Å². The van der Waals surface area contributed by atoms with E-state index in [0.717, 1.165) is 11.1 Å². The van der Waals surface area contributed by atoms with Gasteiger partial charge in [0.2, 0.25) is 11.8 Å². The number of carbonyl (C=O) groups is 3. The maximum Gasteiger partial charge on any atom is 0.255 e. The molecule has 1 saturated heterocycles. The number of benzene rings is 1. The summed E-state index contributed by atoms with van der Waals surface area (Å²) >= 11 is 0. The molecule has 1 unspecified atom stereocenters. The molecule has 2 N–H and O–H groups in total. The van der Waals surface area contributed by atoms with Crippen LogP contribution in [-0.4, -0.2) is 34.7 Å². The summed E-state index contributed by atoms with van der Waals surface area (Å²) in [7, 11) is 0. The van der Waals surface area contributed by atoms with Crippen molar-refractivity contribution in [2.75, 3.05) is 0 Å². The van der Waals surface area contributed by atoms with E-state index >= 15 is 0 Å². The predicted molar refractivity (Wildman–Crippen MR) is 84.5 cm³/mol. The van der Waals surface area contributed by atoms with Gasteiger partial charge in [-0.3, -0.25) is 19.7 Å². The lowest BCUT2D eigenvalue weighted by Gasteiger charge is -2.29. The summed E-state index contributed by atoms with van der Waals surface area (Å²) in [6, 6.07) is 5.49. The molecule has 1 atom stereocenters. The van der Waals surface area contributed by atoms with Crippen LogP contribution in [0.15, 0.2) is 18.2 Å². The Bertz CT molecular complexity index is 669. The molecule has 2 aliphatic heterocycles. The zero-order chi connectivity index (χ0) is 16.6. The van der Waals surface area contributed by atoms with Gasteiger partial charge in [0.15, 0.2) is 0 Å². The van der Waals surface area contributed by atoms with E-state index in [2.05, 4.69) is 24.5 Å². The first kappa shape index (κ1) is 15.7. The van der Waals surface area contributed by atoms with Gasteiger partial charge in [0, 0.05) is 31.1 Å². The second-order valence-corrected chi connectivity index (χ2v) is 6.38. The predicted octanol–water partition coefficient (Wildman–Crippen LogP) is 0.946. The fourth-order valence-electron chi connectivity index (χ4n) is 3.13. The fraction of sp³-hybridized carbons (Fsp3) is 0.471. The van der Waals surface area contributed by atoms with Crippen molar-refractivity contribution < 1.29 is 14.4 Å². The Morgan fingerprint density at radius 1 is 1.30 bits per heavy atom. The van der Waals surface area contributed by atoms with Crippen LogP contribution in [0.4, 0.5) is 0 Å². The molecule has 1 fully saturated rings. The van der Waals surface area contributed by atoms with Gasteiger partial charge in [0.05, 0.1) is 0 Å². The molecule has 23 heavy (non-hydrogen) atoms. The lowest BCUT2D eigenvalue weighted by molar-refractivity contribution is -0.136. The number of rotatable bonds is 4. The zero-order valence-corrected chi connectivity index (χ0v) is 13.4. The van der Waals surface area contributed by atoms with E-state index in [1.807, 2.05) is 18.2 Å². The summed E-state index contributed by atoms with van der Waals surface area (Å²) in [6.45, 7) is 5.27. The smallest absolute Gasteiger partial charge is 0.255 e. The maximum absolute atomic E-state index is 12.7. The second kappa shape index (κ2) is 6.12. The Kier molecular flexibility index (Phi) is 4.17. The van der Waals surface area contributed by atoms with E-state index in [-0.39, 0.29) is 24.1 Å². The summed E-state index contributed by atoms with van der Waals surface area (Å²) in [5.41, 5.74) is 2.73. The van der Waals surface area contributed by atoms with Crippen molar-refractivity contribution in [3.05, 3.63) is 34.9 Å². The molecular formula is C17H21N3O3. The van der Waals surface area contributed by atoms with Gasteiger partial charge in [-0.05, 0) is 23.6 Å². The summed E-state index contributed by atoms with van der Waals surface area (Å²) < 4.78 is 0. The van der Waals surface area contributed by atoms with E-state index in [0.29, 0.717) is 31.1 Å². The average molecular weight is 315 g/mol. The van der Waals surface area contributed by atoms with Gasteiger partial charge < -0.3 is 10.2 Å². The minimum absolute atomic E-state index is 0.124. The highest BCUT2D eigenvalue weighted by molar-refractivity contribution is 6.05. The van der Waals surface area contributed by atoms with Crippen molar-refractivity contribution in [2.24, 2.45) is 0 Å². The minimum Gasteiger partial charge on any atom is -0.322 e. The van der Waals surface area contributed by atoms with Crippen LogP contribution in [0.1, 0.15) is 48.2 Å². The first-order valence-electron chi connectivity index (χ1n) is 7.96. The Hall–Kier alpha value is -2.21. The van der Waals surface area contributed by atoms with Crippen molar-refractivity contribution >= 4 is 17.7 Å². The van der Waals surface area contributed by atoms with Crippen LogP contribution in [0.25, 0.3) is 0 Å². The van der Waals surface area contributed by atoms with Gasteiger partial charge in [0.1, 0.15) is 6.04 Å². The van der Waals surface area contributed by atoms with Crippen LogP contribution in [0.5, 0.6) is 0 Å². The second-order valence-electron chi connectivity index (χ2n) is 6.38. The molecule has 2 aliphatic rings. The molecule has 122 valence electrons. The molecule has 0 bridgehead atoms. The molecular weight excluding hydrogens is 294 g/mol. The molecule has 6 heteroatoms. The lowest BCUT2D eigenvalue weighted by Crippen LogP contribution is -2.52. The number of fused-ring (bicyclic) bond motifs is 1. The number of nitrogens with zero attached hydrogens (tertiary/aromatic N) is 1. The molecule has 0 aromatic heterocycles. The van der Waals surface area contributed by atoms with E-state index in [9.17, 15) is 14.4 Å². The van der Waals surface area contributed by atoms with Crippen LogP contribution in [0, 0.1) is 0 Å². The SMILES string of the molecule is CC(C)NCc1cccc2c1CN(C1CCC(=O)NC1=O)C2=O. The average Bonchev–Trinajstić information content (AvgIpc) is 2.83. The number of nitrogens with one attached hydrogen (secondary N) is 2. The van der Waals surface area contributed by atoms with Crippen molar-refractivity contribution in [2.45, 2.75) is 51.9 Å². The third kappa shape index (κ3) is 2.99. The van der Waals surface area contributed by atoms with Crippen molar-refractivity contribution in [1.29, 1.82) is 0 Å². The molecule has 0 spiro atoms. The standard InChI is InChI=1S/C17H21N3O3/c1-10(2)18-8-11-4-3-5-12-13(11)9-20(17(12)23)14-6-7-15(21)19-16(14)22/h3-5,10,14,18H,6-9H2,1-2H3,(H,19,21,22). The van der Waals surface area contributed by atoms with Crippen LogP contribution in [0.2, 0.25) is 0 Å². The Labute approximate surface area is 135 Å². The quantitative estimate of drug-likeness (QED) is 0.811. The number of carbonyl (C=O) groups excluding carboxylic acids is 3. The van der Waals surface area contributed by atoms with Gasteiger partial charge in [-0.2, -0.15) is 0 Å². The third-order valence-corrected chi connectivity index (χ3v) is 4.38. The topological polar surface area (TPSA) is 78.5 Å². The number of imide groups is 1. The molecule has 0 aliphatic carbocycles. The number of hydrogen-bond donors (Lipinski definition) is 2. The Morgan fingerprint density at radius 3 is 2.78 bits per heavy atom. The largest absolute Gasteiger partial charge is 0.322 e. The van der Waals surface area contributed by atoms with Crippen LogP contribution >= 0.6 is 0 Å². The molecule has 1 aromatic carbocycles. The minimum atomic E-state index is -0.557. The molecule has 0 saturated carbocycles. The van der Waals surface area contributed by atoms with E-state index in [4.69, 9.17) is 0 Å². The third-order valence-electron chi connectivity index (χ3n) is 4.38. The molecule has 3 amide bonds. The van der Waals surface area contributed by atoms with Crippen LogP contribution < -0.4 is 10.6 Å². The van der Waals surface area contributed by atoms with Crippen molar-refractivity contribution in [3.63, 3.8) is 0 Å². The van der Waals surface area contributed by atoms with Crippen LogP contribution in [-0.2, 0) is 22.7 Å². The Balaban J connectivity index is 1.82. The highest BCUT2D eigenvalue weighted by atomic mass is 16.2. The first-order valence-corrected chi connectivity index (χ1v) is 7.96. The van der Waals surface area contributed by atoms with Gasteiger partial charge in [-0.1, -0.05) is 26.0 Å². The highest BCUT2D eigenvalue weighted by Gasteiger charge is 2.39. The molecule has 6 nitrogen and oxygen atoms in total. The van der Waals surface area contributed by atoms with E-state index in [1.165, 1.54) is 0 Å². The highest BCUT2D eigenvalue weighted by Crippen LogP contribution is 2.29. The number of piperidine rings is 1. The van der Waals surface area contributed by atoms with Gasteiger partial charge in [0.25, 0.3) is 5.91 Å². The summed E-state index contributed by atoms with van der Waals surface area (Å²) in [5.74, 6) is -0.762. The number of amides is 3. The zero-order valence-electron chi connectivity index (χ0n) is 13.4. The molecule has 3 rings (SSSR count). The first-order chi connectivity index (χ1) is 11.0. The van der Waals surface area contributed by atoms with Crippen molar-refractivity contribution in [3.8, 4) is 0 Å². The molecule has 0 radical (unpaired) electrons. The van der Waals surface area contributed by atoms with Crippen molar-refractivity contribution in [1.82, 2.24) is 15.5 Å². The number of hydrogen-bond acceptors (Lipinski definition) is 4.